The van der Waals surface area contributed by atoms with Crippen molar-refractivity contribution in [3.8, 4) is 0 Å². The lowest BCUT2D eigenvalue weighted by Crippen LogP contribution is -2.32. The summed E-state index contributed by atoms with van der Waals surface area (Å²) in [7, 11) is 0. The van der Waals surface area contributed by atoms with Crippen molar-refractivity contribution in [2.24, 2.45) is 17.6 Å². The van der Waals surface area contributed by atoms with Crippen LogP contribution in [0.2, 0.25) is 0 Å². The molecule has 2 N–H and O–H groups in total. The zero-order valence-electron chi connectivity index (χ0n) is 10.2. The van der Waals surface area contributed by atoms with Crippen LogP contribution in [-0.4, -0.2) is 20.8 Å². The average Bonchev–Trinajstić information content (AvgIpc) is 2.93. The largest absolute Gasteiger partial charge is 0.326 e. The van der Waals surface area contributed by atoms with Gasteiger partial charge in [-0.25, -0.2) is 0 Å². The van der Waals surface area contributed by atoms with E-state index in [4.69, 9.17) is 5.73 Å². The lowest BCUT2D eigenvalue weighted by Gasteiger charge is -2.20. The van der Waals surface area contributed by atoms with Crippen molar-refractivity contribution in [2.75, 3.05) is 0 Å². The van der Waals surface area contributed by atoms with Crippen molar-refractivity contribution in [1.82, 2.24) is 14.8 Å². The zero-order valence-corrected chi connectivity index (χ0v) is 10.2. The number of rotatable bonds is 1. The maximum atomic E-state index is 6.07. The normalized spacial score (nSPS) is 39.6. The highest BCUT2D eigenvalue weighted by atomic mass is 15.3. The smallest absolute Gasteiger partial charge is 0.136 e. The van der Waals surface area contributed by atoms with Gasteiger partial charge in [-0.15, -0.1) is 10.2 Å². The van der Waals surface area contributed by atoms with Gasteiger partial charge in [-0.2, -0.15) is 0 Å². The summed E-state index contributed by atoms with van der Waals surface area (Å²) in [6.45, 7) is 0.938. The van der Waals surface area contributed by atoms with Crippen molar-refractivity contribution in [2.45, 2.75) is 57.0 Å². The molecule has 2 saturated carbocycles. The summed E-state index contributed by atoms with van der Waals surface area (Å²) in [5.41, 5.74) is 6.07. The summed E-state index contributed by atoms with van der Waals surface area (Å²) in [4.78, 5) is 0. The van der Waals surface area contributed by atoms with Crippen molar-refractivity contribution in [3.63, 3.8) is 0 Å². The Labute approximate surface area is 102 Å². The number of fused-ring (bicyclic) bond motifs is 2. The van der Waals surface area contributed by atoms with Crippen LogP contribution in [-0.2, 0) is 13.0 Å². The second-order valence-electron chi connectivity index (χ2n) is 6.02. The first-order valence-electron chi connectivity index (χ1n) is 7.02. The van der Waals surface area contributed by atoms with Gasteiger partial charge in [0.05, 0.1) is 0 Å². The van der Waals surface area contributed by atoms with E-state index in [9.17, 15) is 0 Å². The fourth-order valence-electron chi connectivity index (χ4n) is 4.00. The van der Waals surface area contributed by atoms with Crippen molar-refractivity contribution in [3.05, 3.63) is 11.6 Å². The van der Waals surface area contributed by atoms with Crippen LogP contribution in [0.4, 0.5) is 0 Å². The summed E-state index contributed by atoms with van der Waals surface area (Å²) < 4.78 is 2.33. The third-order valence-electron chi connectivity index (χ3n) is 4.97. The molecule has 3 aliphatic rings. The lowest BCUT2D eigenvalue weighted by atomic mass is 10.0. The Hall–Kier alpha value is -0.900. The van der Waals surface area contributed by atoms with E-state index in [0.717, 1.165) is 31.2 Å². The summed E-state index contributed by atoms with van der Waals surface area (Å²) in [5, 5.41) is 8.84. The van der Waals surface area contributed by atoms with Crippen LogP contribution in [0.25, 0.3) is 0 Å². The first kappa shape index (κ1) is 10.1. The Balaban J connectivity index is 1.65. The molecule has 4 heteroatoms. The highest BCUT2D eigenvalue weighted by Crippen LogP contribution is 2.60. The van der Waals surface area contributed by atoms with Crippen molar-refractivity contribution >= 4 is 0 Å². The van der Waals surface area contributed by atoms with Crippen LogP contribution in [0, 0.1) is 11.8 Å². The fourth-order valence-corrected chi connectivity index (χ4v) is 4.00. The number of aromatic nitrogens is 3. The predicted octanol–water partition coefficient (Wildman–Crippen LogP) is 1.46. The van der Waals surface area contributed by atoms with Gasteiger partial charge in [-0.05, 0) is 31.1 Å². The Morgan fingerprint density at radius 3 is 2.59 bits per heavy atom. The van der Waals surface area contributed by atoms with Crippen LogP contribution in [0.1, 0.15) is 49.7 Å². The van der Waals surface area contributed by atoms with Crippen LogP contribution in [0.3, 0.4) is 0 Å². The summed E-state index contributed by atoms with van der Waals surface area (Å²) in [5.74, 6) is 4.96. The minimum absolute atomic E-state index is 0.304. The highest BCUT2D eigenvalue weighted by Gasteiger charge is 2.54. The Morgan fingerprint density at radius 2 is 1.82 bits per heavy atom. The summed E-state index contributed by atoms with van der Waals surface area (Å²) in [6.07, 6.45) is 7.72. The molecule has 1 aromatic rings. The lowest BCUT2D eigenvalue weighted by molar-refractivity contribution is 0.441. The number of hydrogen-bond donors (Lipinski definition) is 1. The van der Waals surface area contributed by atoms with Gasteiger partial charge in [0.2, 0.25) is 0 Å². The van der Waals surface area contributed by atoms with E-state index < -0.39 is 0 Å². The fraction of sp³-hybridized carbons (Fsp3) is 0.846. The molecule has 0 aromatic carbocycles. The molecular weight excluding hydrogens is 212 g/mol. The first-order valence-corrected chi connectivity index (χ1v) is 7.02. The van der Waals surface area contributed by atoms with Gasteiger partial charge in [-0.1, -0.05) is 12.8 Å². The standard InChI is InChI=1S/C13H20N4/c14-8-5-6-11-15-16-13(17(11)7-8)12-9-3-1-2-4-10(9)12/h8-10,12H,1-7,14H2. The topological polar surface area (TPSA) is 56.7 Å². The minimum atomic E-state index is 0.304. The highest BCUT2D eigenvalue weighted by molar-refractivity contribution is 5.19. The van der Waals surface area contributed by atoms with Crippen LogP contribution < -0.4 is 5.73 Å². The first-order chi connectivity index (χ1) is 8.34. The molecule has 4 rings (SSSR count). The van der Waals surface area contributed by atoms with Gasteiger partial charge in [0.1, 0.15) is 11.6 Å². The number of aryl methyl sites for hydroxylation is 1. The van der Waals surface area contributed by atoms with E-state index >= 15 is 0 Å². The molecule has 2 heterocycles. The van der Waals surface area contributed by atoms with Gasteiger partial charge < -0.3 is 10.3 Å². The van der Waals surface area contributed by atoms with Gasteiger partial charge in [0.25, 0.3) is 0 Å². The molecule has 2 fully saturated rings. The SMILES string of the molecule is NC1CCc2nnc(C3C4CCCCC43)n2C1. The van der Waals surface area contributed by atoms with Gasteiger partial charge in [0, 0.05) is 24.9 Å². The molecule has 4 nitrogen and oxygen atoms in total. The molecule has 0 amide bonds. The van der Waals surface area contributed by atoms with Crippen molar-refractivity contribution in [1.29, 1.82) is 0 Å². The number of hydrogen-bond acceptors (Lipinski definition) is 3. The van der Waals surface area contributed by atoms with Gasteiger partial charge in [-0.3, -0.25) is 0 Å². The van der Waals surface area contributed by atoms with Crippen LogP contribution in [0.5, 0.6) is 0 Å². The van der Waals surface area contributed by atoms with Gasteiger partial charge in [0.15, 0.2) is 0 Å². The molecule has 0 spiro atoms. The quantitative estimate of drug-likeness (QED) is 0.797. The Morgan fingerprint density at radius 1 is 1.06 bits per heavy atom. The number of nitrogens with zero attached hydrogens (tertiary/aromatic N) is 3. The average molecular weight is 232 g/mol. The second-order valence-corrected chi connectivity index (χ2v) is 6.02. The Kier molecular flexibility index (Phi) is 2.10. The van der Waals surface area contributed by atoms with E-state index in [0.29, 0.717) is 12.0 Å². The molecule has 0 saturated heterocycles. The van der Waals surface area contributed by atoms with Crippen molar-refractivity contribution < 1.29 is 0 Å². The molecule has 92 valence electrons. The molecule has 3 atom stereocenters. The maximum Gasteiger partial charge on any atom is 0.136 e. The van der Waals surface area contributed by atoms with E-state index in [-0.39, 0.29) is 0 Å². The van der Waals surface area contributed by atoms with E-state index in [1.165, 1.54) is 37.3 Å². The molecule has 17 heavy (non-hydrogen) atoms. The summed E-state index contributed by atoms with van der Waals surface area (Å²) in [6, 6.07) is 0.304. The third-order valence-corrected chi connectivity index (χ3v) is 4.97. The van der Waals surface area contributed by atoms with Gasteiger partial charge >= 0.3 is 0 Å². The molecule has 2 aliphatic carbocycles. The summed E-state index contributed by atoms with van der Waals surface area (Å²) >= 11 is 0. The van der Waals surface area contributed by atoms with E-state index in [1.54, 1.807) is 0 Å². The molecular formula is C13H20N4. The zero-order chi connectivity index (χ0) is 11.4. The molecule has 1 aliphatic heterocycles. The molecule has 0 radical (unpaired) electrons. The van der Waals surface area contributed by atoms with Crippen LogP contribution >= 0.6 is 0 Å². The number of nitrogens with two attached hydrogens (primary N) is 1. The minimum Gasteiger partial charge on any atom is -0.326 e. The molecule has 1 aromatic heterocycles. The predicted molar refractivity (Wildman–Crippen MR) is 64.5 cm³/mol. The van der Waals surface area contributed by atoms with E-state index in [1.807, 2.05) is 0 Å². The molecule has 3 unspecified atom stereocenters. The monoisotopic (exact) mass is 232 g/mol. The third kappa shape index (κ3) is 1.46. The van der Waals surface area contributed by atoms with E-state index in [2.05, 4.69) is 14.8 Å². The second kappa shape index (κ2) is 3.55. The maximum absolute atomic E-state index is 6.07. The molecule has 0 bridgehead atoms. The Bertz CT molecular complexity index is 427. The van der Waals surface area contributed by atoms with Crippen LogP contribution in [0.15, 0.2) is 0 Å².